The van der Waals surface area contributed by atoms with Crippen molar-refractivity contribution in [2.75, 3.05) is 0 Å². The van der Waals surface area contributed by atoms with Crippen molar-refractivity contribution in [3.63, 3.8) is 0 Å². The van der Waals surface area contributed by atoms with Gasteiger partial charge in [0.1, 0.15) is 5.75 Å². The fraction of sp³-hybridized carbons (Fsp3) is 0. The van der Waals surface area contributed by atoms with Crippen molar-refractivity contribution in [3.05, 3.63) is 50.0 Å². The highest BCUT2D eigenvalue weighted by Crippen LogP contribution is 2.32. The third kappa shape index (κ3) is 3.14. The summed E-state index contributed by atoms with van der Waals surface area (Å²) in [7, 11) is 0. The van der Waals surface area contributed by atoms with Crippen LogP contribution in [-0.4, -0.2) is 15.2 Å². The van der Waals surface area contributed by atoms with Crippen LogP contribution < -0.4 is 0 Å². The molecule has 1 heterocycles. The van der Waals surface area contributed by atoms with Crippen LogP contribution >= 0.6 is 45.8 Å². The van der Waals surface area contributed by atoms with Crippen LogP contribution in [0.3, 0.4) is 0 Å². The van der Waals surface area contributed by atoms with Gasteiger partial charge in [-0.1, -0.05) is 28.4 Å². The van der Waals surface area contributed by atoms with Gasteiger partial charge in [-0.3, -0.25) is 0 Å². The number of rotatable bonds is 2. The van der Waals surface area contributed by atoms with E-state index >= 15 is 0 Å². The Morgan fingerprint density at radius 3 is 2.48 bits per heavy atom. The van der Waals surface area contributed by atoms with Crippen LogP contribution in [0.5, 0.6) is 5.75 Å². The van der Waals surface area contributed by atoms with E-state index in [9.17, 15) is 5.11 Å². The molecule has 21 heavy (non-hydrogen) atoms. The summed E-state index contributed by atoms with van der Waals surface area (Å²) in [5.74, 6) is 0.666. The minimum atomic E-state index is 0.0785. The van der Waals surface area contributed by atoms with Crippen molar-refractivity contribution in [1.82, 2.24) is 10.1 Å². The van der Waals surface area contributed by atoms with Crippen molar-refractivity contribution in [1.29, 1.82) is 0 Å². The maximum absolute atomic E-state index is 9.88. The Morgan fingerprint density at radius 1 is 1.05 bits per heavy atom. The molecule has 0 saturated heterocycles. The molecular formula is C14H7Cl2IN2O2. The van der Waals surface area contributed by atoms with E-state index in [0.29, 0.717) is 27.0 Å². The number of aromatic hydroxyl groups is 1. The first-order valence-corrected chi connectivity index (χ1v) is 7.65. The molecule has 0 aliphatic rings. The van der Waals surface area contributed by atoms with Gasteiger partial charge in [-0.05, 0) is 59.0 Å². The van der Waals surface area contributed by atoms with Crippen molar-refractivity contribution < 1.29 is 9.63 Å². The Hall–Kier alpha value is -1.31. The number of phenols is 1. The summed E-state index contributed by atoms with van der Waals surface area (Å²) >= 11 is 14.1. The molecule has 0 bridgehead atoms. The van der Waals surface area contributed by atoms with Gasteiger partial charge in [0.15, 0.2) is 0 Å². The first-order valence-electron chi connectivity index (χ1n) is 5.82. The molecule has 0 atom stereocenters. The molecule has 4 nitrogen and oxygen atoms in total. The number of aromatic nitrogens is 2. The van der Waals surface area contributed by atoms with E-state index in [1.807, 2.05) is 0 Å². The summed E-state index contributed by atoms with van der Waals surface area (Å²) in [6, 6.07) is 10.1. The van der Waals surface area contributed by atoms with E-state index in [1.54, 1.807) is 36.4 Å². The van der Waals surface area contributed by atoms with Crippen molar-refractivity contribution in [2.24, 2.45) is 0 Å². The minimum absolute atomic E-state index is 0.0785. The highest BCUT2D eigenvalue weighted by Gasteiger charge is 2.15. The molecule has 0 saturated carbocycles. The number of halogens is 3. The molecule has 2 aromatic carbocycles. The second-order valence-corrected chi connectivity index (χ2v) is 6.36. The zero-order chi connectivity index (χ0) is 15.0. The largest absolute Gasteiger partial charge is 0.507 e. The molecule has 0 unspecified atom stereocenters. The van der Waals surface area contributed by atoms with E-state index in [4.69, 9.17) is 27.7 Å². The average Bonchev–Trinajstić information content (AvgIpc) is 2.90. The van der Waals surface area contributed by atoms with Crippen LogP contribution in [0.1, 0.15) is 0 Å². The van der Waals surface area contributed by atoms with Gasteiger partial charge in [-0.2, -0.15) is 4.98 Å². The van der Waals surface area contributed by atoms with E-state index in [1.165, 1.54) is 0 Å². The number of benzene rings is 2. The van der Waals surface area contributed by atoms with Gasteiger partial charge in [0.05, 0.1) is 5.56 Å². The Balaban J connectivity index is 2.05. The zero-order valence-electron chi connectivity index (χ0n) is 10.3. The number of nitrogens with zero attached hydrogens (tertiary/aromatic N) is 2. The molecule has 0 spiro atoms. The van der Waals surface area contributed by atoms with E-state index in [-0.39, 0.29) is 11.6 Å². The second-order valence-electron chi connectivity index (χ2n) is 4.24. The van der Waals surface area contributed by atoms with Crippen LogP contribution in [0.2, 0.25) is 10.0 Å². The molecule has 0 amide bonds. The molecule has 3 rings (SSSR count). The Kier molecular flexibility index (Phi) is 4.05. The van der Waals surface area contributed by atoms with Crippen molar-refractivity contribution in [3.8, 4) is 28.6 Å². The first-order chi connectivity index (χ1) is 10.0. The molecule has 1 aromatic heterocycles. The predicted molar refractivity (Wildman–Crippen MR) is 89.6 cm³/mol. The number of phenolic OH excluding ortho intramolecular Hbond substituents is 1. The van der Waals surface area contributed by atoms with Crippen LogP contribution in [0, 0.1) is 3.57 Å². The molecule has 0 radical (unpaired) electrons. The van der Waals surface area contributed by atoms with Gasteiger partial charge < -0.3 is 9.63 Å². The van der Waals surface area contributed by atoms with Crippen LogP contribution in [-0.2, 0) is 0 Å². The van der Waals surface area contributed by atoms with Gasteiger partial charge in [0.25, 0.3) is 5.89 Å². The van der Waals surface area contributed by atoms with Crippen LogP contribution in [0.4, 0.5) is 0 Å². The third-order valence-electron chi connectivity index (χ3n) is 2.74. The summed E-state index contributed by atoms with van der Waals surface area (Å²) in [6.45, 7) is 0. The Morgan fingerprint density at radius 2 is 1.76 bits per heavy atom. The standard InChI is InChI=1S/C14H7Cl2IN2O2/c15-8-3-7(4-9(16)5-8)13-18-14(21-19-13)11-6-10(17)1-2-12(11)20/h1-6,20H. The van der Waals surface area contributed by atoms with Crippen LogP contribution in [0.15, 0.2) is 40.9 Å². The summed E-state index contributed by atoms with van der Waals surface area (Å²) < 4.78 is 6.16. The summed E-state index contributed by atoms with van der Waals surface area (Å²) in [5.41, 5.74) is 1.13. The van der Waals surface area contributed by atoms with Gasteiger partial charge in [-0.15, -0.1) is 0 Å². The van der Waals surface area contributed by atoms with Crippen LogP contribution in [0.25, 0.3) is 22.8 Å². The fourth-order valence-electron chi connectivity index (χ4n) is 1.81. The Bertz CT molecular complexity index is 800. The van der Waals surface area contributed by atoms with E-state index < -0.39 is 0 Å². The maximum atomic E-state index is 9.88. The fourth-order valence-corrected chi connectivity index (χ4v) is 2.83. The van der Waals surface area contributed by atoms with Gasteiger partial charge >= 0.3 is 0 Å². The van der Waals surface area contributed by atoms with Crippen molar-refractivity contribution >= 4 is 45.8 Å². The minimum Gasteiger partial charge on any atom is -0.507 e. The van der Waals surface area contributed by atoms with E-state index in [2.05, 4.69) is 32.7 Å². The van der Waals surface area contributed by atoms with Gasteiger partial charge in [-0.25, -0.2) is 0 Å². The molecule has 1 N–H and O–H groups in total. The monoisotopic (exact) mass is 432 g/mol. The first kappa shape index (κ1) is 14.6. The molecule has 3 aromatic rings. The quantitative estimate of drug-likeness (QED) is 0.577. The lowest BCUT2D eigenvalue weighted by molar-refractivity contribution is 0.425. The molecule has 0 aliphatic heterocycles. The molecule has 7 heteroatoms. The lowest BCUT2D eigenvalue weighted by Crippen LogP contribution is -1.83. The Labute approximate surface area is 143 Å². The lowest BCUT2D eigenvalue weighted by Gasteiger charge is -1.99. The second kappa shape index (κ2) is 5.82. The van der Waals surface area contributed by atoms with E-state index in [0.717, 1.165) is 3.57 Å². The summed E-state index contributed by atoms with van der Waals surface area (Å²) in [4.78, 5) is 4.28. The normalized spacial score (nSPS) is 10.8. The zero-order valence-corrected chi connectivity index (χ0v) is 14.0. The molecule has 106 valence electrons. The summed E-state index contributed by atoms with van der Waals surface area (Å²) in [5, 5.41) is 14.8. The number of hydrogen-bond donors (Lipinski definition) is 1. The summed E-state index contributed by atoms with van der Waals surface area (Å²) in [6.07, 6.45) is 0. The highest BCUT2D eigenvalue weighted by atomic mass is 127. The third-order valence-corrected chi connectivity index (χ3v) is 3.84. The maximum Gasteiger partial charge on any atom is 0.262 e. The topological polar surface area (TPSA) is 59.2 Å². The SMILES string of the molecule is Oc1ccc(I)cc1-c1nc(-c2cc(Cl)cc(Cl)c2)no1. The number of hydrogen-bond acceptors (Lipinski definition) is 4. The average molecular weight is 433 g/mol. The molecular weight excluding hydrogens is 426 g/mol. The predicted octanol–water partition coefficient (Wildman–Crippen LogP) is 5.02. The molecule has 0 fully saturated rings. The smallest absolute Gasteiger partial charge is 0.262 e. The van der Waals surface area contributed by atoms with Gasteiger partial charge in [0.2, 0.25) is 5.82 Å². The lowest BCUT2D eigenvalue weighted by atomic mass is 10.2. The van der Waals surface area contributed by atoms with Gasteiger partial charge in [0, 0.05) is 19.2 Å². The van der Waals surface area contributed by atoms with Crippen molar-refractivity contribution in [2.45, 2.75) is 0 Å². The highest BCUT2D eigenvalue weighted by molar-refractivity contribution is 14.1. The molecule has 0 aliphatic carbocycles.